The Hall–Kier alpha value is -1.95. The van der Waals surface area contributed by atoms with Gasteiger partial charge in [-0.15, -0.1) is 0 Å². The molecular weight excluding hydrogens is 192 g/mol. The van der Waals surface area contributed by atoms with Crippen molar-refractivity contribution < 1.29 is 14.6 Å². The third-order valence-corrected chi connectivity index (χ3v) is 1.79. The van der Waals surface area contributed by atoms with Gasteiger partial charge in [0.05, 0.1) is 19.1 Å². The number of aliphatic carboxylic acids is 1. The second-order valence-electron chi connectivity index (χ2n) is 2.90. The molecule has 0 saturated heterocycles. The highest BCUT2D eigenvalue weighted by Gasteiger charge is 1.96. The Morgan fingerprint density at radius 3 is 2.87 bits per heavy atom. The first-order valence-corrected chi connectivity index (χ1v) is 4.57. The van der Waals surface area contributed by atoms with Crippen LogP contribution in [0, 0.1) is 11.8 Å². The number of ether oxygens (including phenoxy) is 1. The highest BCUT2D eigenvalue weighted by atomic mass is 16.5. The van der Waals surface area contributed by atoms with Crippen LogP contribution in [0.25, 0.3) is 0 Å². The zero-order chi connectivity index (χ0) is 11.1. The smallest absolute Gasteiger partial charge is 0.304 e. The van der Waals surface area contributed by atoms with Crippen molar-refractivity contribution in [2.45, 2.75) is 12.8 Å². The molecule has 0 saturated carbocycles. The molecule has 1 aromatic carbocycles. The highest BCUT2D eigenvalue weighted by Crippen LogP contribution is 2.15. The number of methoxy groups -OCH3 is 1. The lowest BCUT2D eigenvalue weighted by molar-refractivity contribution is -0.136. The van der Waals surface area contributed by atoms with Gasteiger partial charge in [-0.05, 0) is 12.1 Å². The molecule has 0 atom stereocenters. The molecular formula is C12H12O3. The third kappa shape index (κ3) is 3.74. The summed E-state index contributed by atoms with van der Waals surface area (Å²) in [7, 11) is 1.58. The predicted molar refractivity (Wildman–Crippen MR) is 56.7 cm³/mol. The van der Waals surface area contributed by atoms with Crippen molar-refractivity contribution in [2.75, 3.05) is 7.11 Å². The number of hydrogen-bond donors (Lipinski definition) is 1. The number of carboxylic acids is 1. The molecule has 78 valence electrons. The van der Waals surface area contributed by atoms with Crippen LogP contribution >= 0.6 is 0 Å². The van der Waals surface area contributed by atoms with Crippen LogP contribution in [0.4, 0.5) is 0 Å². The Morgan fingerprint density at radius 1 is 1.47 bits per heavy atom. The zero-order valence-corrected chi connectivity index (χ0v) is 8.49. The van der Waals surface area contributed by atoms with Crippen LogP contribution in [0.15, 0.2) is 24.3 Å². The van der Waals surface area contributed by atoms with E-state index in [1.807, 2.05) is 24.3 Å². The van der Waals surface area contributed by atoms with Crippen molar-refractivity contribution in [3.05, 3.63) is 29.8 Å². The Balaban J connectivity index is 2.66. The molecule has 1 N–H and O–H groups in total. The normalized spacial score (nSPS) is 8.87. The van der Waals surface area contributed by atoms with Gasteiger partial charge in [-0.2, -0.15) is 0 Å². The van der Waals surface area contributed by atoms with Crippen LogP contribution in [-0.2, 0) is 4.79 Å². The van der Waals surface area contributed by atoms with E-state index in [2.05, 4.69) is 11.8 Å². The standard InChI is InChI=1S/C12H12O3/c1-15-11-8-4-2-6-10(11)7-3-5-9-12(13)14/h2,4,6,8H,5,9H2,1H3,(H,13,14). The summed E-state index contributed by atoms with van der Waals surface area (Å²) in [4.78, 5) is 10.2. The summed E-state index contributed by atoms with van der Waals surface area (Å²) in [5.74, 6) is 5.56. The van der Waals surface area contributed by atoms with Crippen molar-refractivity contribution in [3.8, 4) is 17.6 Å². The molecule has 0 bridgehead atoms. The number of carboxylic acid groups (broad SMARTS) is 1. The molecule has 3 heteroatoms. The SMILES string of the molecule is COc1ccccc1C#CCCC(=O)O. The first kappa shape index (κ1) is 11.1. The predicted octanol–water partition coefficient (Wildman–Crippen LogP) is 1.91. The van der Waals surface area contributed by atoms with Gasteiger partial charge in [0.25, 0.3) is 0 Å². The average Bonchev–Trinajstić information content (AvgIpc) is 2.24. The minimum absolute atomic E-state index is 0.0716. The van der Waals surface area contributed by atoms with Crippen LogP contribution in [0.5, 0.6) is 5.75 Å². The van der Waals surface area contributed by atoms with Gasteiger partial charge in [-0.1, -0.05) is 24.0 Å². The van der Waals surface area contributed by atoms with E-state index in [0.717, 1.165) is 5.56 Å². The van der Waals surface area contributed by atoms with Crippen LogP contribution < -0.4 is 4.74 Å². The number of carbonyl (C=O) groups is 1. The number of rotatable bonds is 3. The largest absolute Gasteiger partial charge is 0.495 e. The minimum atomic E-state index is -0.829. The first-order valence-electron chi connectivity index (χ1n) is 4.57. The second kappa shape index (κ2) is 5.71. The average molecular weight is 204 g/mol. The Bertz CT molecular complexity index is 399. The maximum Gasteiger partial charge on any atom is 0.304 e. The van der Waals surface area contributed by atoms with Crippen molar-refractivity contribution >= 4 is 5.97 Å². The Morgan fingerprint density at radius 2 is 2.20 bits per heavy atom. The summed E-state index contributed by atoms with van der Waals surface area (Å²) < 4.78 is 5.10. The molecule has 1 rings (SSSR count). The lowest BCUT2D eigenvalue weighted by Crippen LogP contribution is -1.92. The summed E-state index contributed by atoms with van der Waals surface area (Å²) in [6.07, 6.45) is 0.426. The topological polar surface area (TPSA) is 46.5 Å². The molecule has 0 unspecified atom stereocenters. The molecule has 0 aliphatic heterocycles. The van der Waals surface area contributed by atoms with E-state index in [0.29, 0.717) is 12.2 Å². The molecule has 1 aromatic rings. The van der Waals surface area contributed by atoms with E-state index in [4.69, 9.17) is 9.84 Å². The third-order valence-electron chi connectivity index (χ3n) is 1.79. The molecule has 3 nitrogen and oxygen atoms in total. The zero-order valence-electron chi connectivity index (χ0n) is 8.49. The van der Waals surface area contributed by atoms with Gasteiger partial charge in [0, 0.05) is 6.42 Å². The molecule has 0 aromatic heterocycles. The van der Waals surface area contributed by atoms with Crippen LogP contribution in [0.1, 0.15) is 18.4 Å². The fourth-order valence-corrected chi connectivity index (χ4v) is 1.08. The molecule has 0 amide bonds. The van der Waals surface area contributed by atoms with E-state index in [1.54, 1.807) is 7.11 Å². The van der Waals surface area contributed by atoms with E-state index >= 15 is 0 Å². The summed E-state index contributed by atoms with van der Waals surface area (Å²) in [6.45, 7) is 0. The van der Waals surface area contributed by atoms with Crippen molar-refractivity contribution in [1.82, 2.24) is 0 Å². The fourth-order valence-electron chi connectivity index (χ4n) is 1.08. The second-order valence-corrected chi connectivity index (χ2v) is 2.90. The summed E-state index contributed by atoms with van der Waals surface area (Å²) in [5.41, 5.74) is 0.783. The number of para-hydroxylation sites is 1. The highest BCUT2D eigenvalue weighted by molar-refractivity contribution is 5.67. The Kier molecular flexibility index (Phi) is 4.24. The van der Waals surface area contributed by atoms with Crippen molar-refractivity contribution in [2.24, 2.45) is 0 Å². The fraction of sp³-hybridized carbons (Fsp3) is 0.250. The monoisotopic (exact) mass is 204 g/mol. The van der Waals surface area contributed by atoms with Crippen LogP contribution in [-0.4, -0.2) is 18.2 Å². The van der Waals surface area contributed by atoms with Gasteiger partial charge < -0.3 is 9.84 Å². The van der Waals surface area contributed by atoms with E-state index in [1.165, 1.54) is 0 Å². The summed E-state index contributed by atoms with van der Waals surface area (Å²) in [5, 5.41) is 8.42. The van der Waals surface area contributed by atoms with Gasteiger partial charge in [0.2, 0.25) is 0 Å². The van der Waals surface area contributed by atoms with E-state index in [-0.39, 0.29) is 6.42 Å². The molecule has 0 fully saturated rings. The van der Waals surface area contributed by atoms with Gasteiger partial charge in [-0.3, -0.25) is 4.79 Å². The maximum atomic E-state index is 10.2. The molecule has 0 radical (unpaired) electrons. The molecule has 0 aliphatic carbocycles. The minimum Gasteiger partial charge on any atom is -0.495 e. The maximum absolute atomic E-state index is 10.2. The summed E-state index contributed by atoms with van der Waals surface area (Å²) in [6, 6.07) is 7.39. The van der Waals surface area contributed by atoms with Gasteiger partial charge in [-0.25, -0.2) is 0 Å². The summed E-state index contributed by atoms with van der Waals surface area (Å²) >= 11 is 0. The van der Waals surface area contributed by atoms with Crippen LogP contribution in [0.3, 0.4) is 0 Å². The van der Waals surface area contributed by atoms with Gasteiger partial charge >= 0.3 is 5.97 Å². The molecule has 0 spiro atoms. The molecule has 0 heterocycles. The lowest BCUT2D eigenvalue weighted by Gasteiger charge is -2.00. The lowest BCUT2D eigenvalue weighted by atomic mass is 10.2. The first-order chi connectivity index (χ1) is 7.24. The number of benzene rings is 1. The molecule has 0 aliphatic rings. The van der Waals surface area contributed by atoms with Gasteiger partial charge in [0.1, 0.15) is 5.75 Å². The van der Waals surface area contributed by atoms with E-state index < -0.39 is 5.97 Å². The Labute approximate surface area is 88.7 Å². The van der Waals surface area contributed by atoms with Crippen LogP contribution in [0.2, 0.25) is 0 Å². The molecule has 15 heavy (non-hydrogen) atoms. The van der Waals surface area contributed by atoms with E-state index in [9.17, 15) is 4.79 Å². The van der Waals surface area contributed by atoms with Gasteiger partial charge in [0.15, 0.2) is 0 Å². The van der Waals surface area contributed by atoms with Crippen molar-refractivity contribution in [3.63, 3.8) is 0 Å². The quantitative estimate of drug-likeness (QED) is 0.765. The number of hydrogen-bond acceptors (Lipinski definition) is 2. The van der Waals surface area contributed by atoms with Crippen molar-refractivity contribution in [1.29, 1.82) is 0 Å².